The number of nitrogens with zero attached hydrogens (tertiary/aromatic N) is 1. The predicted molar refractivity (Wildman–Crippen MR) is 81.9 cm³/mol. The summed E-state index contributed by atoms with van der Waals surface area (Å²) in [5.41, 5.74) is 1.04. The van der Waals surface area contributed by atoms with Crippen LogP contribution in [0.3, 0.4) is 0 Å². The van der Waals surface area contributed by atoms with E-state index < -0.39 is 0 Å². The maximum absolute atomic E-state index is 12.2. The Hall–Kier alpha value is -1.55. The van der Waals surface area contributed by atoms with Crippen LogP contribution in [0.5, 0.6) is 0 Å². The van der Waals surface area contributed by atoms with Crippen molar-refractivity contribution < 1.29 is 9.53 Å². The van der Waals surface area contributed by atoms with Crippen molar-refractivity contribution >= 4 is 6.09 Å². The van der Waals surface area contributed by atoms with Gasteiger partial charge in [-0.25, -0.2) is 4.79 Å². The molecule has 0 bridgehead atoms. The molecule has 1 amide bonds. The van der Waals surface area contributed by atoms with E-state index in [2.05, 4.69) is 5.32 Å². The molecule has 0 unspecified atom stereocenters. The van der Waals surface area contributed by atoms with Gasteiger partial charge < -0.3 is 15.0 Å². The minimum atomic E-state index is -0.171. The van der Waals surface area contributed by atoms with Crippen LogP contribution in [-0.4, -0.2) is 36.7 Å². The molecule has 0 aromatic heterocycles. The summed E-state index contributed by atoms with van der Waals surface area (Å²) < 4.78 is 5.42. The van der Waals surface area contributed by atoms with Crippen LogP contribution in [0, 0.1) is 5.92 Å². The lowest BCUT2D eigenvalue weighted by Gasteiger charge is -2.32. The molecule has 2 fully saturated rings. The highest BCUT2D eigenvalue weighted by atomic mass is 16.6. The fourth-order valence-electron chi connectivity index (χ4n) is 2.83. The predicted octanol–water partition coefficient (Wildman–Crippen LogP) is 2.79. The number of ether oxygens (including phenoxy) is 1. The molecule has 1 heterocycles. The molecule has 1 N–H and O–H groups in total. The molecule has 1 atom stereocenters. The van der Waals surface area contributed by atoms with Crippen LogP contribution in [0.15, 0.2) is 30.3 Å². The molecule has 1 aromatic rings. The number of benzene rings is 1. The van der Waals surface area contributed by atoms with Crippen molar-refractivity contribution in [1.82, 2.24) is 10.2 Å². The molecule has 114 valence electrons. The highest BCUT2D eigenvalue weighted by Gasteiger charge is 2.27. The number of likely N-dealkylation sites (tertiary alicyclic amines) is 1. The first-order valence-corrected chi connectivity index (χ1v) is 8.00. The monoisotopic (exact) mass is 288 g/mol. The SMILES string of the molecule is O=C(OCc1ccccc1)N1CCC[C@@H](CNC2CC2)C1. The van der Waals surface area contributed by atoms with Crippen molar-refractivity contribution in [2.24, 2.45) is 5.92 Å². The molecule has 2 aliphatic rings. The van der Waals surface area contributed by atoms with Gasteiger partial charge in [0, 0.05) is 19.1 Å². The van der Waals surface area contributed by atoms with Gasteiger partial charge in [0.2, 0.25) is 0 Å². The number of carbonyl (C=O) groups is 1. The molecule has 21 heavy (non-hydrogen) atoms. The van der Waals surface area contributed by atoms with Gasteiger partial charge in [-0.1, -0.05) is 30.3 Å². The van der Waals surface area contributed by atoms with Crippen LogP contribution in [0.2, 0.25) is 0 Å². The van der Waals surface area contributed by atoms with Crippen molar-refractivity contribution in [3.8, 4) is 0 Å². The fourth-order valence-corrected chi connectivity index (χ4v) is 2.83. The van der Waals surface area contributed by atoms with Gasteiger partial charge >= 0.3 is 6.09 Å². The lowest BCUT2D eigenvalue weighted by atomic mass is 9.98. The van der Waals surface area contributed by atoms with Crippen molar-refractivity contribution in [2.75, 3.05) is 19.6 Å². The summed E-state index contributed by atoms with van der Waals surface area (Å²) >= 11 is 0. The first-order chi connectivity index (χ1) is 10.3. The molecule has 0 spiro atoms. The summed E-state index contributed by atoms with van der Waals surface area (Å²) in [7, 11) is 0. The van der Waals surface area contributed by atoms with E-state index >= 15 is 0 Å². The number of nitrogens with one attached hydrogen (secondary N) is 1. The van der Waals surface area contributed by atoms with Gasteiger partial charge in [-0.15, -0.1) is 0 Å². The molecular formula is C17H24N2O2. The molecule has 1 aliphatic carbocycles. The van der Waals surface area contributed by atoms with Crippen molar-refractivity contribution in [1.29, 1.82) is 0 Å². The molecule has 1 saturated carbocycles. The molecule has 4 nitrogen and oxygen atoms in total. The summed E-state index contributed by atoms with van der Waals surface area (Å²) in [5.74, 6) is 0.573. The zero-order chi connectivity index (χ0) is 14.5. The zero-order valence-electron chi connectivity index (χ0n) is 12.5. The number of carbonyl (C=O) groups excluding carboxylic acids is 1. The summed E-state index contributed by atoms with van der Waals surface area (Å²) in [4.78, 5) is 14.0. The minimum Gasteiger partial charge on any atom is -0.445 e. The van der Waals surface area contributed by atoms with Gasteiger partial charge in [0.25, 0.3) is 0 Å². The maximum atomic E-state index is 12.2. The Labute approximate surface area is 126 Å². The Bertz CT molecular complexity index is 459. The van der Waals surface area contributed by atoms with Gasteiger partial charge in [-0.05, 0) is 43.7 Å². The Morgan fingerprint density at radius 2 is 2.05 bits per heavy atom. The Kier molecular flexibility index (Phi) is 4.76. The second kappa shape index (κ2) is 6.94. The Balaban J connectivity index is 1.42. The van der Waals surface area contributed by atoms with Gasteiger partial charge in [0.1, 0.15) is 6.61 Å². The first-order valence-electron chi connectivity index (χ1n) is 8.00. The van der Waals surface area contributed by atoms with Crippen LogP contribution in [0.1, 0.15) is 31.2 Å². The molecule has 3 rings (SSSR count). The van der Waals surface area contributed by atoms with E-state index in [0.717, 1.165) is 37.7 Å². The standard InChI is InChI=1S/C17H24N2O2/c20-17(21-13-14-5-2-1-3-6-14)19-10-4-7-15(12-19)11-18-16-8-9-16/h1-3,5-6,15-16,18H,4,7-13H2/t15-/m0/s1. The maximum Gasteiger partial charge on any atom is 0.410 e. The van der Waals surface area contributed by atoms with Gasteiger partial charge in [0.05, 0.1) is 0 Å². The Morgan fingerprint density at radius 3 is 2.81 bits per heavy atom. The second-order valence-electron chi connectivity index (χ2n) is 6.18. The smallest absolute Gasteiger partial charge is 0.410 e. The van der Waals surface area contributed by atoms with E-state index in [-0.39, 0.29) is 6.09 Å². The summed E-state index contributed by atoms with van der Waals surface area (Å²) in [5, 5.41) is 3.56. The second-order valence-corrected chi connectivity index (χ2v) is 6.18. The van der Waals surface area contributed by atoms with E-state index in [1.54, 1.807) is 0 Å². The van der Waals surface area contributed by atoms with E-state index in [1.807, 2.05) is 35.2 Å². The third-order valence-corrected chi connectivity index (χ3v) is 4.25. The average molecular weight is 288 g/mol. The van der Waals surface area contributed by atoms with Crippen LogP contribution in [0.25, 0.3) is 0 Å². The van der Waals surface area contributed by atoms with Crippen LogP contribution < -0.4 is 5.32 Å². The average Bonchev–Trinajstić information content (AvgIpc) is 3.36. The highest BCUT2D eigenvalue weighted by Crippen LogP contribution is 2.21. The number of amides is 1. The summed E-state index contributed by atoms with van der Waals surface area (Å²) in [6.07, 6.45) is 4.75. The molecule has 1 saturated heterocycles. The molecular weight excluding hydrogens is 264 g/mol. The third kappa shape index (κ3) is 4.46. The van der Waals surface area contributed by atoms with Crippen molar-refractivity contribution in [3.05, 3.63) is 35.9 Å². The molecule has 0 radical (unpaired) electrons. The first kappa shape index (κ1) is 14.4. The third-order valence-electron chi connectivity index (χ3n) is 4.25. The van der Waals surface area contributed by atoms with E-state index in [0.29, 0.717) is 12.5 Å². The topological polar surface area (TPSA) is 41.6 Å². The van der Waals surface area contributed by atoms with Gasteiger partial charge in [0.15, 0.2) is 0 Å². The molecule has 1 aromatic carbocycles. The molecule has 1 aliphatic heterocycles. The normalized spacial score (nSPS) is 22.1. The summed E-state index contributed by atoms with van der Waals surface area (Å²) in [6.45, 7) is 3.05. The number of hydrogen-bond acceptors (Lipinski definition) is 3. The van der Waals surface area contributed by atoms with Gasteiger partial charge in [-0.2, -0.15) is 0 Å². The quantitative estimate of drug-likeness (QED) is 0.906. The zero-order valence-corrected chi connectivity index (χ0v) is 12.5. The van der Waals surface area contributed by atoms with Crippen LogP contribution in [0.4, 0.5) is 4.79 Å². The van der Waals surface area contributed by atoms with E-state index in [1.165, 1.54) is 19.3 Å². The minimum absolute atomic E-state index is 0.171. The highest BCUT2D eigenvalue weighted by molar-refractivity contribution is 5.67. The van der Waals surface area contributed by atoms with Crippen molar-refractivity contribution in [2.45, 2.75) is 38.3 Å². The largest absolute Gasteiger partial charge is 0.445 e. The fraction of sp³-hybridized carbons (Fsp3) is 0.588. The number of piperidine rings is 1. The lowest BCUT2D eigenvalue weighted by Crippen LogP contribution is -2.43. The summed E-state index contributed by atoms with van der Waals surface area (Å²) in [6, 6.07) is 10.6. The van der Waals surface area contributed by atoms with Crippen LogP contribution in [-0.2, 0) is 11.3 Å². The Morgan fingerprint density at radius 1 is 1.24 bits per heavy atom. The van der Waals surface area contributed by atoms with Gasteiger partial charge in [-0.3, -0.25) is 0 Å². The lowest BCUT2D eigenvalue weighted by molar-refractivity contribution is 0.0789. The van der Waals surface area contributed by atoms with E-state index in [9.17, 15) is 4.79 Å². The molecule has 4 heteroatoms. The van der Waals surface area contributed by atoms with Crippen LogP contribution >= 0.6 is 0 Å². The van der Waals surface area contributed by atoms with E-state index in [4.69, 9.17) is 4.74 Å². The van der Waals surface area contributed by atoms with Crippen molar-refractivity contribution in [3.63, 3.8) is 0 Å². The number of rotatable bonds is 5. The number of hydrogen-bond donors (Lipinski definition) is 1.